The van der Waals surface area contributed by atoms with Crippen molar-refractivity contribution in [2.75, 3.05) is 0 Å². The Bertz CT molecular complexity index is 899. The second-order valence-electron chi connectivity index (χ2n) is 16.9. The Morgan fingerprint density at radius 1 is 0.512 bits per heavy atom. The highest BCUT2D eigenvalue weighted by Crippen LogP contribution is 2.34. The topological polar surface area (TPSA) is 115 Å². The van der Waals surface area contributed by atoms with Crippen molar-refractivity contribution in [1.29, 1.82) is 0 Å². The van der Waals surface area contributed by atoms with E-state index in [-0.39, 0.29) is 51.5 Å². The highest BCUT2D eigenvalue weighted by atomic mass is 16.6. The summed E-state index contributed by atoms with van der Waals surface area (Å²) >= 11 is 0. The molecule has 0 bridgehead atoms. The zero-order valence-corrected chi connectivity index (χ0v) is 27.7. The molecule has 9 heteroatoms. The SMILES string of the molecule is CC1(C)CC(OC(=O)CC(C(=O)OC2CC(C)(C)NC(C)(C)C2)C(=O)OC2CC(C)(C)NC(C)(C)C2)CC(C)(C)N1. The van der Waals surface area contributed by atoms with Crippen LogP contribution < -0.4 is 16.0 Å². The van der Waals surface area contributed by atoms with Crippen LogP contribution in [0.1, 0.15) is 128 Å². The molecule has 0 unspecified atom stereocenters. The number of ether oxygens (including phenoxy) is 3. The summed E-state index contributed by atoms with van der Waals surface area (Å²) in [6.07, 6.45) is 2.19. The Kier molecular flexibility index (Phi) is 9.41. The second kappa shape index (κ2) is 11.4. The molecule has 3 aliphatic rings. The van der Waals surface area contributed by atoms with Gasteiger partial charge in [-0.1, -0.05) is 0 Å². The van der Waals surface area contributed by atoms with Gasteiger partial charge in [0.05, 0.1) is 6.42 Å². The Morgan fingerprint density at radius 2 is 0.756 bits per heavy atom. The third-order valence-electron chi connectivity index (χ3n) is 8.26. The number of esters is 3. The lowest BCUT2D eigenvalue weighted by molar-refractivity contribution is -0.177. The smallest absolute Gasteiger partial charge is 0.321 e. The van der Waals surface area contributed by atoms with Crippen molar-refractivity contribution in [2.24, 2.45) is 5.92 Å². The van der Waals surface area contributed by atoms with Crippen LogP contribution in [0, 0.1) is 5.92 Å². The minimum absolute atomic E-state index is 0.215. The minimum atomic E-state index is -1.38. The summed E-state index contributed by atoms with van der Waals surface area (Å²) in [5.41, 5.74) is -1.42. The van der Waals surface area contributed by atoms with Crippen molar-refractivity contribution in [3.8, 4) is 0 Å². The number of hydrogen-bond donors (Lipinski definition) is 3. The molecule has 3 fully saturated rings. The summed E-state index contributed by atoms with van der Waals surface area (Å²) in [5.74, 6) is -3.40. The molecule has 0 aromatic heterocycles. The van der Waals surface area contributed by atoms with Crippen molar-refractivity contribution in [3.63, 3.8) is 0 Å². The molecule has 0 saturated carbocycles. The summed E-state index contributed by atoms with van der Waals surface area (Å²) in [5, 5.41) is 10.7. The van der Waals surface area contributed by atoms with Crippen LogP contribution in [0.5, 0.6) is 0 Å². The van der Waals surface area contributed by atoms with Crippen molar-refractivity contribution in [3.05, 3.63) is 0 Å². The number of carbonyl (C=O) groups is 3. The third-order valence-corrected chi connectivity index (χ3v) is 8.26. The largest absolute Gasteiger partial charge is 0.462 e. The molecule has 0 aliphatic carbocycles. The number of nitrogens with one attached hydrogen (secondary N) is 3. The molecule has 3 heterocycles. The molecular weight excluding hydrogens is 522 g/mol. The highest BCUT2D eigenvalue weighted by Gasteiger charge is 2.45. The maximum Gasteiger partial charge on any atom is 0.321 e. The summed E-state index contributed by atoms with van der Waals surface area (Å²) in [4.78, 5) is 40.5. The molecule has 3 saturated heterocycles. The number of rotatable bonds is 7. The van der Waals surface area contributed by atoms with E-state index in [0.29, 0.717) is 38.5 Å². The second-order valence-corrected chi connectivity index (χ2v) is 16.9. The summed E-state index contributed by atoms with van der Waals surface area (Å²) in [6.45, 7) is 24.9. The molecule has 3 N–H and O–H groups in total. The van der Waals surface area contributed by atoms with E-state index in [4.69, 9.17) is 14.2 Å². The van der Waals surface area contributed by atoms with E-state index in [2.05, 4.69) is 99.0 Å². The monoisotopic (exact) mass is 579 g/mol. The van der Waals surface area contributed by atoms with Crippen LogP contribution in [0.15, 0.2) is 0 Å². The van der Waals surface area contributed by atoms with Crippen LogP contribution in [-0.4, -0.2) is 69.5 Å². The van der Waals surface area contributed by atoms with Gasteiger partial charge < -0.3 is 30.2 Å². The number of piperidine rings is 3. The molecule has 0 aromatic rings. The summed E-state index contributed by atoms with van der Waals surface area (Å²) < 4.78 is 17.8. The first-order chi connectivity index (χ1) is 18.4. The normalized spacial score (nSPS) is 27.1. The van der Waals surface area contributed by atoms with Crippen LogP contribution in [0.2, 0.25) is 0 Å². The van der Waals surface area contributed by atoms with E-state index in [1.807, 2.05) is 0 Å². The first-order valence-electron chi connectivity index (χ1n) is 15.3. The molecule has 0 amide bonds. The average Bonchev–Trinajstić information content (AvgIpc) is 2.64. The third kappa shape index (κ3) is 10.2. The molecule has 0 aromatic carbocycles. The molecule has 0 spiro atoms. The maximum atomic E-state index is 13.6. The Morgan fingerprint density at radius 3 is 1.02 bits per heavy atom. The number of carbonyl (C=O) groups excluding carboxylic acids is 3. The molecule has 41 heavy (non-hydrogen) atoms. The van der Waals surface area contributed by atoms with Crippen LogP contribution >= 0.6 is 0 Å². The Hall–Kier alpha value is -1.71. The van der Waals surface area contributed by atoms with E-state index in [1.54, 1.807) is 0 Å². The quantitative estimate of drug-likeness (QED) is 0.227. The van der Waals surface area contributed by atoms with Gasteiger partial charge >= 0.3 is 17.9 Å². The van der Waals surface area contributed by atoms with E-state index in [9.17, 15) is 14.4 Å². The lowest BCUT2D eigenvalue weighted by Gasteiger charge is -2.46. The molecule has 0 atom stereocenters. The van der Waals surface area contributed by atoms with Crippen LogP contribution in [0.3, 0.4) is 0 Å². The maximum absolute atomic E-state index is 13.6. The minimum Gasteiger partial charge on any atom is -0.462 e. The molecule has 236 valence electrons. The first kappa shape index (κ1) is 33.8. The van der Waals surface area contributed by atoms with Crippen molar-refractivity contribution in [1.82, 2.24) is 16.0 Å². The van der Waals surface area contributed by atoms with Crippen molar-refractivity contribution in [2.45, 2.75) is 180 Å². The van der Waals surface area contributed by atoms with Gasteiger partial charge in [0.2, 0.25) is 0 Å². The lowest BCUT2D eigenvalue weighted by Crippen LogP contribution is -2.60. The fourth-order valence-corrected chi connectivity index (χ4v) is 8.09. The lowest BCUT2D eigenvalue weighted by atomic mass is 9.80. The number of hydrogen-bond acceptors (Lipinski definition) is 9. The fraction of sp³-hybridized carbons (Fsp3) is 0.906. The zero-order chi connectivity index (χ0) is 31.2. The van der Waals surface area contributed by atoms with Gasteiger partial charge in [-0.05, 0) is 83.1 Å². The van der Waals surface area contributed by atoms with Gasteiger partial charge in [0, 0.05) is 71.8 Å². The van der Waals surface area contributed by atoms with E-state index in [1.165, 1.54) is 0 Å². The molecular formula is C32H57N3O6. The zero-order valence-electron chi connectivity index (χ0n) is 27.7. The molecule has 3 rings (SSSR count). The molecule has 0 radical (unpaired) electrons. The summed E-state index contributed by atoms with van der Waals surface area (Å²) in [6, 6.07) is 0. The van der Waals surface area contributed by atoms with E-state index in [0.717, 1.165) is 0 Å². The van der Waals surface area contributed by atoms with Crippen molar-refractivity contribution >= 4 is 17.9 Å². The summed E-state index contributed by atoms with van der Waals surface area (Å²) in [7, 11) is 0. The van der Waals surface area contributed by atoms with E-state index >= 15 is 0 Å². The molecule has 3 aliphatic heterocycles. The van der Waals surface area contributed by atoms with Gasteiger partial charge in [-0.3, -0.25) is 14.4 Å². The fourth-order valence-electron chi connectivity index (χ4n) is 8.09. The predicted octanol–water partition coefficient (Wildman–Crippen LogP) is 4.55. The van der Waals surface area contributed by atoms with Crippen LogP contribution in [-0.2, 0) is 28.6 Å². The predicted molar refractivity (Wildman–Crippen MR) is 159 cm³/mol. The van der Waals surface area contributed by atoms with Gasteiger partial charge in [0.15, 0.2) is 5.92 Å². The van der Waals surface area contributed by atoms with Gasteiger partial charge in [-0.25, -0.2) is 0 Å². The van der Waals surface area contributed by atoms with E-state index < -0.39 is 30.2 Å². The first-order valence-corrected chi connectivity index (χ1v) is 15.3. The van der Waals surface area contributed by atoms with Crippen LogP contribution in [0.25, 0.3) is 0 Å². The highest BCUT2D eigenvalue weighted by molar-refractivity contribution is 5.98. The average molecular weight is 580 g/mol. The van der Waals surface area contributed by atoms with Crippen molar-refractivity contribution < 1.29 is 28.6 Å². The van der Waals surface area contributed by atoms with Gasteiger partial charge in [-0.2, -0.15) is 0 Å². The molecule has 9 nitrogen and oxygen atoms in total. The van der Waals surface area contributed by atoms with Crippen LogP contribution in [0.4, 0.5) is 0 Å². The Balaban J connectivity index is 1.77. The standard InChI is InChI=1S/C32H57N3O6/c1-27(2)14-20(15-28(3,4)33-27)39-24(36)13-23(25(37)40-21-16-29(5,6)34-30(7,8)17-21)26(38)41-22-18-31(9,10)35-32(11,12)19-22/h20-23,33-35H,13-19H2,1-12H3. The Labute approximate surface area is 248 Å². The van der Waals surface area contributed by atoms with Gasteiger partial charge in [0.25, 0.3) is 0 Å². The van der Waals surface area contributed by atoms with Gasteiger partial charge in [-0.15, -0.1) is 0 Å². The van der Waals surface area contributed by atoms with Gasteiger partial charge in [0.1, 0.15) is 18.3 Å².